The molecule has 1 atom stereocenters. The van der Waals surface area contributed by atoms with E-state index >= 15 is 0 Å². The van der Waals surface area contributed by atoms with Crippen molar-refractivity contribution >= 4 is 11.9 Å². The number of carboxylic acids is 1. The second-order valence-corrected chi connectivity index (χ2v) is 2.27. The van der Waals surface area contributed by atoms with Gasteiger partial charge >= 0.3 is 0 Å². The van der Waals surface area contributed by atoms with E-state index < -0.39 is 12.0 Å². The molecule has 0 radical (unpaired) electrons. The molecular weight excluding hydrogens is 160 g/mol. The van der Waals surface area contributed by atoms with Gasteiger partial charge in [-0.3, -0.25) is 4.79 Å². The number of aliphatic imine (C=N–C) groups is 1. The fourth-order valence-electron chi connectivity index (χ4n) is 0.735. The van der Waals surface area contributed by atoms with E-state index in [1.165, 1.54) is 14.1 Å². The molecule has 0 rings (SSSR count). The second-order valence-electron chi connectivity index (χ2n) is 2.27. The molecule has 70 valence electrons. The summed E-state index contributed by atoms with van der Waals surface area (Å²) in [5.74, 6) is -1.29. The van der Waals surface area contributed by atoms with E-state index in [2.05, 4.69) is 10.3 Å². The van der Waals surface area contributed by atoms with Crippen molar-refractivity contribution < 1.29 is 15.0 Å². The summed E-state index contributed by atoms with van der Waals surface area (Å²) in [5, 5.41) is 22.8. The fourth-order valence-corrected chi connectivity index (χ4v) is 0.735. The minimum Gasteiger partial charge on any atom is -0.862 e. The SMILES string of the molecule is CN=C([O-])CC[C@@H]([N-]C)C(=O)O. The summed E-state index contributed by atoms with van der Waals surface area (Å²) < 4.78 is 0. The zero-order chi connectivity index (χ0) is 9.56. The Morgan fingerprint density at radius 2 is 2.33 bits per heavy atom. The van der Waals surface area contributed by atoms with Crippen LogP contribution in [0.25, 0.3) is 5.32 Å². The summed E-state index contributed by atoms with van der Waals surface area (Å²) in [6, 6.07) is -0.782. The fraction of sp³-hybridized carbons (Fsp3) is 0.714. The van der Waals surface area contributed by atoms with Gasteiger partial charge in [-0.2, -0.15) is 7.05 Å². The largest absolute Gasteiger partial charge is 0.862 e. The number of hydrogen-bond donors (Lipinski definition) is 1. The van der Waals surface area contributed by atoms with Crippen molar-refractivity contribution in [2.75, 3.05) is 14.1 Å². The third kappa shape index (κ3) is 3.92. The number of likely N-dealkylation sites (N-methyl/N-ethyl adjacent to an activating group) is 1. The van der Waals surface area contributed by atoms with Crippen LogP contribution in [-0.2, 0) is 4.79 Å². The van der Waals surface area contributed by atoms with E-state index in [1.807, 2.05) is 0 Å². The summed E-state index contributed by atoms with van der Waals surface area (Å²) in [4.78, 5) is 13.8. The highest BCUT2D eigenvalue weighted by molar-refractivity contribution is 5.78. The molecule has 0 aromatic heterocycles. The minimum absolute atomic E-state index is 0.144. The highest BCUT2D eigenvalue weighted by Crippen LogP contribution is 2.05. The molecule has 5 nitrogen and oxygen atoms in total. The Kier molecular flexibility index (Phi) is 5.03. The third-order valence-corrected chi connectivity index (χ3v) is 1.48. The lowest BCUT2D eigenvalue weighted by atomic mass is 10.1. The van der Waals surface area contributed by atoms with Gasteiger partial charge in [0.2, 0.25) is 0 Å². The molecule has 0 aromatic carbocycles. The van der Waals surface area contributed by atoms with Crippen LogP contribution in [0.3, 0.4) is 0 Å². The van der Waals surface area contributed by atoms with Gasteiger partial charge in [0.15, 0.2) is 0 Å². The van der Waals surface area contributed by atoms with Crippen LogP contribution in [0, 0.1) is 0 Å². The Hall–Kier alpha value is -1.10. The Labute approximate surface area is 71.1 Å². The van der Waals surface area contributed by atoms with Crippen LogP contribution < -0.4 is 5.11 Å². The summed E-state index contributed by atoms with van der Waals surface area (Å²) in [6.07, 6.45) is 0.368. The number of carbonyl (C=O) groups is 1. The first-order valence-corrected chi connectivity index (χ1v) is 3.56. The molecule has 5 heteroatoms. The number of carboxylic acid groups (broad SMARTS) is 1. The quantitative estimate of drug-likeness (QED) is 0.452. The zero-order valence-electron chi connectivity index (χ0n) is 7.15. The van der Waals surface area contributed by atoms with Gasteiger partial charge in [0, 0.05) is 7.05 Å². The monoisotopic (exact) mass is 172 g/mol. The van der Waals surface area contributed by atoms with Crippen molar-refractivity contribution in [1.29, 1.82) is 0 Å². The Balaban J connectivity index is 3.81. The number of rotatable bonds is 5. The number of aliphatic carboxylic acids is 1. The van der Waals surface area contributed by atoms with Crippen LogP contribution in [0.15, 0.2) is 4.99 Å². The normalized spacial score (nSPS) is 14.3. The first-order chi connectivity index (χ1) is 5.61. The summed E-state index contributed by atoms with van der Waals surface area (Å²) in [7, 11) is 2.81. The molecule has 0 unspecified atom stereocenters. The molecule has 0 fully saturated rings. The number of hydrogen-bond acceptors (Lipinski definition) is 3. The molecule has 0 aliphatic rings. The molecule has 0 heterocycles. The van der Waals surface area contributed by atoms with Crippen LogP contribution in [0.4, 0.5) is 0 Å². The maximum atomic E-state index is 10.7. The molecule has 1 N–H and O–H groups in total. The molecule has 0 aromatic rings. The predicted molar refractivity (Wildman–Crippen MR) is 43.3 cm³/mol. The molecule has 0 aliphatic heterocycles. The molecule has 0 amide bonds. The van der Waals surface area contributed by atoms with Crippen LogP contribution in [0.5, 0.6) is 0 Å². The smallest absolute Gasteiger partial charge is 0.285 e. The van der Waals surface area contributed by atoms with Gasteiger partial charge in [0.05, 0.1) is 0 Å². The summed E-state index contributed by atoms with van der Waals surface area (Å²) in [6.45, 7) is 0. The van der Waals surface area contributed by atoms with Crippen LogP contribution in [0.2, 0.25) is 0 Å². The van der Waals surface area contributed by atoms with Crippen molar-refractivity contribution in [3.63, 3.8) is 0 Å². The van der Waals surface area contributed by atoms with E-state index in [1.54, 1.807) is 0 Å². The molecular formula is C7H12N2O3-2. The van der Waals surface area contributed by atoms with Gasteiger partial charge in [-0.15, -0.1) is 0 Å². The molecule has 0 saturated heterocycles. The standard InChI is InChI=1S/C7H13N2O3/c1-8-5(7(11)12)3-4-6(10)9-2/h5H,3-4H2,1-2H3,(H,9,10)(H,11,12)/q-1/p-1/t5-/m1/s1. The van der Waals surface area contributed by atoms with Gasteiger partial charge in [-0.05, 0) is 18.4 Å². The second kappa shape index (κ2) is 5.54. The minimum atomic E-state index is -0.999. The average Bonchev–Trinajstić information content (AvgIpc) is 2.04. The van der Waals surface area contributed by atoms with Gasteiger partial charge < -0.3 is 20.5 Å². The Morgan fingerprint density at radius 1 is 1.75 bits per heavy atom. The van der Waals surface area contributed by atoms with E-state index in [4.69, 9.17) is 5.11 Å². The van der Waals surface area contributed by atoms with E-state index in [9.17, 15) is 9.90 Å². The van der Waals surface area contributed by atoms with Crippen LogP contribution in [0.1, 0.15) is 12.8 Å². The highest BCUT2D eigenvalue weighted by atomic mass is 16.4. The first kappa shape index (κ1) is 10.9. The van der Waals surface area contributed by atoms with E-state index in [0.29, 0.717) is 0 Å². The molecule has 0 spiro atoms. The van der Waals surface area contributed by atoms with Gasteiger partial charge in [-0.1, -0.05) is 6.42 Å². The predicted octanol–water partition coefficient (Wildman–Crippen LogP) is -0.388. The lowest BCUT2D eigenvalue weighted by Gasteiger charge is -2.23. The zero-order valence-corrected chi connectivity index (χ0v) is 7.15. The van der Waals surface area contributed by atoms with Crippen molar-refractivity contribution in [2.24, 2.45) is 4.99 Å². The molecule has 0 aliphatic carbocycles. The Morgan fingerprint density at radius 3 is 2.67 bits per heavy atom. The lowest BCUT2D eigenvalue weighted by molar-refractivity contribution is -0.219. The molecule has 0 saturated carbocycles. The van der Waals surface area contributed by atoms with Gasteiger partial charge in [-0.25, -0.2) is 0 Å². The number of nitrogens with zero attached hydrogens (tertiary/aromatic N) is 2. The Bertz CT molecular complexity index is 179. The van der Waals surface area contributed by atoms with Crippen molar-refractivity contribution in [3.05, 3.63) is 5.32 Å². The third-order valence-electron chi connectivity index (χ3n) is 1.48. The topological polar surface area (TPSA) is 86.8 Å². The van der Waals surface area contributed by atoms with E-state index in [-0.39, 0.29) is 18.7 Å². The molecule has 0 bridgehead atoms. The van der Waals surface area contributed by atoms with E-state index in [0.717, 1.165) is 0 Å². The lowest BCUT2D eigenvalue weighted by Crippen LogP contribution is -2.23. The molecule has 12 heavy (non-hydrogen) atoms. The van der Waals surface area contributed by atoms with Crippen molar-refractivity contribution in [1.82, 2.24) is 0 Å². The first-order valence-electron chi connectivity index (χ1n) is 3.56. The highest BCUT2D eigenvalue weighted by Gasteiger charge is 2.04. The van der Waals surface area contributed by atoms with Gasteiger partial charge in [0.1, 0.15) is 0 Å². The van der Waals surface area contributed by atoms with Crippen LogP contribution >= 0.6 is 0 Å². The van der Waals surface area contributed by atoms with Crippen molar-refractivity contribution in [3.8, 4) is 0 Å². The van der Waals surface area contributed by atoms with Crippen molar-refractivity contribution in [2.45, 2.75) is 18.9 Å². The maximum Gasteiger partial charge on any atom is 0.285 e. The van der Waals surface area contributed by atoms with Gasteiger partial charge in [0.25, 0.3) is 5.97 Å². The summed E-state index contributed by atoms with van der Waals surface area (Å²) >= 11 is 0. The van der Waals surface area contributed by atoms with Crippen LogP contribution in [-0.4, -0.2) is 37.1 Å². The average molecular weight is 172 g/mol. The maximum absolute atomic E-state index is 10.7. The summed E-state index contributed by atoms with van der Waals surface area (Å²) in [5.41, 5.74) is 0.